The highest BCUT2D eigenvalue weighted by Crippen LogP contribution is 2.23. The molecule has 2 amide bonds. The molecule has 0 bridgehead atoms. The highest BCUT2D eigenvalue weighted by atomic mass is 32.2. The molecule has 1 fully saturated rings. The van der Waals surface area contributed by atoms with Gasteiger partial charge in [0.2, 0.25) is 21.8 Å². The second kappa shape index (κ2) is 14.7. The van der Waals surface area contributed by atoms with Gasteiger partial charge in [0.15, 0.2) is 0 Å². The Bertz CT molecular complexity index is 1120. The van der Waals surface area contributed by atoms with E-state index < -0.39 is 10.0 Å². The minimum Gasteiger partial charge on any atom is -0.342 e. The Hall–Kier alpha value is -2.36. The van der Waals surface area contributed by atoms with Gasteiger partial charge in [-0.1, -0.05) is 69.3 Å². The molecule has 7 nitrogen and oxygen atoms in total. The lowest BCUT2D eigenvalue weighted by Gasteiger charge is -2.39. The van der Waals surface area contributed by atoms with E-state index in [0.29, 0.717) is 51.2 Å². The lowest BCUT2D eigenvalue weighted by molar-refractivity contribution is -0.136. The van der Waals surface area contributed by atoms with Crippen molar-refractivity contribution in [3.8, 4) is 0 Å². The summed E-state index contributed by atoms with van der Waals surface area (Å²) in [5.41, 5.74) is 1.01. The molecule has 38 heavy (non-hydrogen) atoms. The summed E-state index contributed by atoms with van der Waals surface area (Å²) >= 11 is 1.54. The molecule has 0 aliphatic carbocycles. The average Bonchev–Trinajstić information content (AvgIpc) is 2.91. The summed E-state index contributed by atoms with van der Waals surface area (Å²) in [6, 6.07) is 19.6. The molecule has 1 heterocycles. The minimum absolute atomic E-state index is 0.0349. The zero-order valence-corrected chi connectivity index (χ0v) is 24.4. The number of carbonyl (C=O) groups excluding carboxylic acids is 2. The van der Waals surface area contributed by atoms with E-state index in [1.807, 2.05) is 91.2 Å². The number of piperidine rings is 1. The van der Waals surface area contributed by atoms with E-state index in [1.165, 1.54) is 16.1 Å². The molecule has 1 aliphatic heterocycles. The summed E-state index contributed by atoms with van der Waals surface area (Å²) in [5, 5.41) is 0. The van der Waals surface area contributed by atoms with E-state index in [9.17, 15) is 18.0 Å². The molecule has 2 aromatic carbocycles. The lowest BCUT2D eigenvalue weighted by Crippen LogP contribution is -2.52. The largest absolute Gasteiger partial charge is 0.342 e. The number of amides is 2. The maximum absolute atomic E-state index is 13.7. The predicted octanol–water partition coefficient (Wildman–Crippen LogP) is 4.50. The van der Waals surface area contributed by atoms with Gasteiger partial charge in [0.05, 0.1) is 18.1 Å². The number of hydrogen-bond donors (Lipinski definition) is 0. The highest BCUT2D eigenvalue weighted by molar-refractivity contribution is 8.00. The summed E-state index contributed by atoms with van der Waals surface area (Å²) in [5.74, 6) is 0.458. The van der Waals surface area contributed by atoms with Crippen molar-refractivity contribution < 1.29 is 18.0 Å². The fourth-order valence-electron chi connectivity index (χ4n) is 4.69. The van der Waals surface area contributed by atoms with E-state index in [2.05, 4.69) is 0 Å². The molecule has 3 rings (SSSR count). The van der Waals surface area contributed by atoms with Crippen LogP contribution in [0.2, 0.25) is 0 Å². The number of carbonyl (C=O) groups is 2. The Morgan fingerprint density at radius 2 is 1.61 bits per heavy atom. The summed E-state index contributed by atoms with van der Waals surface area (Å²) in [7, 11) is -3.52. The van der Waals surface area contributed by atoms with Crippen molar-refractivity contribution >= 4 is 33.6 Å². The maximum atomic E-state index is 13.7. The monoisotopic (exact) mass is 559 g/mol. The lowest BCUT2D eigenvalue weighted by atomic mass is 10.0. The van der Waals surface area contributed by atoms with Crippen LogP contribution in [0, 0.1) is 5.92 Å². The zero-order chi connectivity index (χ0) is 27.5. The van der Waals surface area contributed by atoms with Gasteiger partial charge in [-0.15, -0.1) is 11.8 Å². The van der Waals surface area contributed by atoms with Crippen LogP contribution in [0.4, 0.5) is 0 Å². The van der Waals surface area contributed by atoms with Crippen LogP contribution in [-0.2, 0) is 26.2 Å². The van der Waals surface area contributed by atoms with Gasteiger partial charge >= 0.3 is 0 Å². The number of thioether (sulfide) groups is 1. The fraction of sp³-hybridized carbons (Fsp3) is 0.517. The number of sulfonamides is 1. The molecule has 0 saturated carbocycles. The molecule has 0 atom stereocenters. The molecule has 1 aliphatic rings. The van der Waals surface area contributed by atoms with Gasteiger partial charge in [0.1, 0.15) is 0 Å². The SMILES string of the molecule is CCCS(=O)(=O)N(CC(=O)N(Cc1ccccc1)C1CCN(C(=O)CSc2ccccc2)CC1)CC(C)C. The van der Waals surface area contributed by atoms with Crippen molar-refractivity contribution in [2.75, 3.05) is 37.7 Å². The quantitative estimate of drug-likeness (QED) is 0.338. The fourth-order valence-corrected chi connectivity index (χ4v) is 7.12. The first kappa shape index (κ1) is 30.2. The van der Waals surface area contributed by atoms with Crippen molar-refractivity contribution in [3.63, 3.8) is 0 Å². The van der Waals surface area contributed by atoms with Crippen LogP contribution in [0.3, 0.4) is 0 Å². The molecule has 1 saturated heterocycles. The van der Waals surface area contributed by atoms with Crippen molar-refractivity contribution in [2.24, 2.45) is 5.92 Å². The first-order valence-electron chi connectivity index (χ1n) is 13.5. The normalized spacial score (nSPS) is 14.7. The highest BCUT2D eigenvalue weighted by Gasteiger charge is 2.32. The van der Waals surface area contributed by atoms with Crippen LogP contribution in [-0.4, -0.2) is 78.1 Å². The van der Waals surface area contributed by atoms with Crippen molar-refractivity contribution in [1.82, 2.24) is 14.1 Å². The first-order chi connectivity index (χ1) is 18.2. The number of benzene rings is 2. The summed E-state index contributed by atoms with van der Waals surface area (Å²) in [6.07, 6.45) is 1.85. The second-order valence-electron chi connectivity index (χ2n) is 10.2. The molecule has 0 N–H and O–H groups in total. The summed E-state index contributed by atoms with van der Waals surface area (Å²) in [4.78, 5) is 31.3. The van der Waals surface area contributed by atoms with Crippen LogP contribution in [0.1, 0.15) is 45.6 Å². The summed E-state index contributed by atoms with van der Waals surface area (Å²) in [6.45, 7) is 7.52. The van der Waals surface area contributed by atoms with Crippen molar-refractivity contribution in [3.05, 3.63) is 66.2 Å². The smallest absolute Gasteiger partial charge is 0.238 e. The van der Waals surface area contributed by atoms with Crippen LogP contribution < -0.4 is 0 Å². The third-order valence-corrected chi connectivity index (χ3v) is 9.60. The Morgan fingerprint density at radius 1 is 1.00 bits per heavy atom. The predicted molar refractivity (Wildman–Crippen MR) is 154 cm³/mol. The average molecular weight is 560 g/mol. The Morgan fingerprint density at radius 3 is 2.18 bits per heavy atom. The number of nitrogens with zero attached hydrogens (tertiary/aromatic N) is 3. The molecule has 0 radical (unpaired) electrons. The van der Waals surface area contributed by atoms with Crippen molar-refractivity contribution in [2.45, 2.75) is 57.5 Å². The van der Waals surface area contributed by atoms with E-state index in [4.69, 9.17) is 0 Å². The van der Waals surface area contributed by atoms with Gasteiger partial charge in [-0.25, -0.2) is 8.42 Å². The molecule has 0 unspecified atom stereocenters. The molecular weight excluding hydrogens is 518 g/mol. The Balaban J connectivity index is 1.68. The van der Waals surface area contributed by atoms with E-state index in [0.717, 1.165) is 10.5 Å². The minimum atomic E-state index is -3.52. The van der Waals surface area contributed by atoms with Crippen molar-refractivity contribution in [1.29, 1.82) is 0 Å². The van der Waals surface area contributed by atoms with Crippen LogP contribution in [0.15, 0.2) is 65.6 Å². The zero-order valence-electron chi connectivity index (χ0n) is 22.8. The van der Waals surface area contributed by atoms with E-state index >= 15 is 0 Å². The second-order valence-corrected chi connectivity index (χ2v) is 13.4. The standard InChI is InChI=1S/C29H41N3O4S2/c1-4-19-38(35,36)31(20-24(2)3)22-28(33)32(21-25-11-7-5-8-12-25)26-15-17-30(18-16-26)29(34)23-37-27-13-9-6-10-14-27/h5-14,24,26H,4,15-23H2,1-3H3. The van der Waals surface area contributed by atoms with E-state index in [1.54, 1.807) is 0 Å². The molecule has 0 aromatic heterocycles. The van der Waals surface area contributed by atoms with Gasteiger partial charge in [-0.2, -0.15) is 4.31 Å². The third-order valence-electron chi connectivity index (χ3n) is 6.62. The third kappa shape index (κ3) is 9.13. The van der Waals surface area contributed by atoms with Gasteiger partial charge in [0, 0.05) is 37.1 Å². The number of likely N-dealkylation sites (tertiary alicyclic amines) is 1. The maximum Gasteiger partial charge on any atom is 0.238 e. The molecule has 208 valence electrons. The number of rotatable bonds is 13. The number of hydrogen-bond acceptors (Lipinski definition) is 5. The summed E-state index contributed by atoms with van der Waals surface area (Å²) < 4.78 is 27.3. The molecular formula is C29H41N3O4S2. The molecule has 0 spiro atoms. The van der Waals surface area contributed by atoms with Gasteiger partial charge < -0.3 is 9.80 Å². The topological polar surface area (TPSA) is 78.0 Å². The van der Waals surface area contributed by atoms with Gasteiger partial charge in [0.25, 0.3) is 0 Å². The van der Waals surface area contributed by atoms with Crippen LogP contribution >= 0.6 is 11.8 Å². The Kier molecular flexibility index (Phi) is 11.7. The first-order valence-corrected chi connectivity index (χ1v) is 16.1. The molecule has 9 heteroatoms. The van der Waals surface area contributed by atoms with Gasteiger partial charge in [-0.05, 0) is 42.9 Å². The van der Waals surface area contributed by atoms with Gasteiger partial charge in [-0.3, -0.25) is 9.59 Å². The van der Waals surface area contributed by atoms with Crippen LogP contribution in [0.5, 0.6) is 0 Å². The Labute approximate surface area is 232 Å². The molecule has 2 aromatic rings. The van der Waals surface area contributed by atoms with E-state index in [-0.39, 0.29) is 36.1 Å². The van der Waals surface area contributed by atoms with Crippen LogP contribution in [0.25, 0.3) is 0 Å².